The van der Waals surface area contributed by atoms with Gasteiger partial charge in [0.05, 0.1) is 29.1 Å². The molecular weight excluding hydrogens is 430 g/mol. The summed E-state index contributed by atoms with van der Waals surface area (Å²) in [6, 6.07) is 6.22. The third kappa shape index (κ3) is 4.73. The van der Waals surface area contributed by atoms with Gasteiger partial charge in [0.15, 0.2) is 5.69 Å². The van der Waals surface area contributed by atoms with Crippen LogP contribution in [0.2, 0.25) is 10.0 Å². The number of nitrogens with zero attached hydrogens (tertiary/aromatic N) is 4. The zero-order valence-corrected chi connectivity index (χ0v) is 16.8. The first kappa shape index (κ1) is 21.2. The summed E-state index contributed by atoms with van der Waals surface area (Å²) in [7, 11) is 0. The van der Waals surface area contributed by atoms with Crippen LogP contribution in [-0.4, -0.2) is 25.5 Å². The number of alkyl halides is 3. The minimum Gasteiger partial charge on any atom is -0.322 e. The molecule has 3 rings (SSSR count). The molecule has 0 spiro atoms. The maximum Gasteiger partial charge on any atom is 0.436 e. The first-order chi connectivity index (χ1) is 13.6. The van der Waals surface area contributed by atoms with Gasteiger partial charge in [-0.05, 0) is 31.5 Å². The monoisotopic (exact) mass is 445 g/mol. The van der Waals surface area contributed by atoms with Gasteiger partial charge in [0, 0.05) is 11.2 Å². The fourth-order valence-corrected chi connectivity index (χ4v) is 3.06. The standard InChI is InChI=1S/C18H16Cl2F3N5O/c1-10-15(20)16(18(21,22)23)26-28(10)11(2)17(29)25-14-7-24-27(9-14)8-12-3-5-13(19)6-4-12/h3-7,9,11H,8H2,1-2H3,(H,25,29). The van der Waals surface area contributed by atoms with Crippen molar-refractivity contribution in [2.24, 2.45) is 0 Å². The highest BCUT2D eigenvalue weighted by Crippen LogP contribution is 2.36. The number of carbonyl (C=O) groups excluding carboxylic acids is 1. The zero-order valence-electron chi connectivity index (χ0n) is 15.3. The molecule has 29 heavy (non-hydrogen) atoms. The predicted octanol–water partition coefficient (Wildman–Crippen LogP) is 4.96. The Kier molecular flexibility index (Phi) is 5.90. The minimum absolute atomic E-state index is 0.0556. The molecule has 2 heterocycles. The van der Waals surface area contributed by atoms with E-state index in [-0.39, 0.29) is 5.69 Å². The summed E-state index contributed by atoms with van der Waals surface area (Å²) in [4.78, 5) is 12.5. The van der Waals surface area contributed by atoms with E-state index in [1.54, 1.807) is 23.0 Å². The Balaban J connectivity index is 1.71. The number of hydrogen-bond donors (Lipinski definition) is 1. The van der Waals surface area contributed by atoms with E-state index in [2.05, 4.69) is 15.5 Å². The van der Waals surface area contributed by atoms with Crippen LogP contribution < -0.4 is 5.32 Å². The van der Waals surface area contributed by atoms with Gasteiger partial charge in [-0.15, -0.1) is 0 Å². The minimum atomic E-state index is -4.70. The van der Waals surface area contributed by atoms with Crippen LogP contribution in [0.3, 0.4) is 0 Å². The summed E-state index contributed by atoms with van der Waals surface area (Å²) in [6.07, 6.45) is -1.64. The average molecular weight is 446 g/mol. The Morgan fingerprint density at radius 2 is 1.90 bits per heavy atom. The topological polar surface area (TPSA) is 64.7 Å². The Hall–Kier alpha value is -2.52. The Morgan fingerprint density at radius 1 is 1.24 bits per heavy atom. The molecule has 0 saturated carbocycles. The van der Waals surface area contributed by atoms with Crippen LogP contribution in [0.15, 0.2) is 36.7 Å². The summed E-state index contributed by atoms with van der Waals surface area (Å²) in [5.41, 5.74) is 0.208. The van der Waals surface area contributed by atoms with Gasteiger partial charge in [0.2, 0.25) is 5.91 Å². The third-order valence-corrected chi connectivity index (χ3v) is 4.95. The number of aromatic nitrogens is 4. The summed E-state index contributed by atoms with van der Waals surface area (Å²) in [5.74, 6) is -0.549. The molecule has 11 heteroatoms. The number of carbonyl (C=O) groups is 1. The first-order valence-corrected chi connectivity index (χ1v) is 9.21. The molecule has 6 nitrogen and oxygen atoms in total. The SMILES string of the molecule is Cc1c(Cl)c(C(F)(F)F)nn1C(C)C(=O)Nc1cnn(Cc2ccc(Cl)cc2)c1. The maximum absolute atomic E-state index is 13.0. The fraction of sp³-hybridized carbons (Fsp3) is 0.278. The van der Waals surface area contributed by atoms with Gasteiger partial charge in [-0.2, -0.15) is 23.4 Å². The normalized spacial score (nSPS) is 12.8. The number of hydrogen-bond acceptors (Lipinski definition) is 3. The van der Waals surface area contributed by atoms with E-state index in [9.17, 15) is 18.0 Å². The van der Waals surface area contributed by atoms with Gasteiger partial charge >= 0.3 is 6.18 Å². The second kappa shape index (κ2) is 8.08. The van der Waals surface area contributed by atoms with Crippen LogP contribution in [0.5, 0.6) is 0 Å². The van der Waals surface area contributed by atoms with Gasteiger partial charge in [-0.1, -0.05) is 35.3 Å². The quantitative estimate of drug-likeness (QED) is 0.603. The first-order valence-electron chi connectivity index (χ1n) is 8.46. The molecule has 154 valence electrons. The fourth-order valence-electron chi connectivity index (χ4n) is 2.71. The molecule has 1 atom stereocenters. The lowest BCUT2D eigenvalue weighted by Crippen LogP contribution is -2.25. The molecule has 0 aliphatic rings. The van der Waals surface area contributed by atoms with Crippen molar-refractivity contribution in [2.45, 2.75) is 32.6 Å². The molecule has 0 aliphatic carbocycles. The number of amides is 1. The highest BCUT2D eigenvalue weighted by atomic mass is 35.5. The van der Waals surface area contributed by atoms with Crippen molar-refractivity contribution >= 4 is 34.8 Å². The van der Waals surface area contributed by atoms with E-state index in [4.69, 9.17) is 23.2 Å². The molecule has 1 aromatic carbocycles. The Morgan fingerprint density at radius 3 is 2.48 bits per heavy atom. The highest BCUT2D eigenvalue weighted by Gasteiger charge is 2.39. The smallest absolute Gasteiger partial charge is 0.322 e. The molecule has 0 bridgehead atoms. The summed E-state index contributed by atoms with van der Waals surface area (Å²) in [6.45, 7) is 3.27. The van der Waals surface area contributed by atoms with Crippen molar-refractivity contribution in [3.8, 4) is 0 Å². The van der Waals surface area contributed by atoms with Crippen LogP contribution in [0.4, 0.5) is 18.9 Å². The summed E-state index contributed by atoms with van der Waals surface area (Å²) >= 11 is 11.6. The van der Waals surface area contributed by atoms with Crippen molar-refractivity contribution in [3.05, 3.63) is 63.7 Å². The number of anilines is 1. The van der Waals surface area contributed by atoms with Crippen LogP contribution in [0.1, 0.15) is 29.9 Å². The molecular formula is C18H16Cl2F3N5O. The van der Waals surface area contributed by atoms with E-state index < -0.39 is 28.8 Å². The number of halogens is 5. The lowest BCUT2D eigenvalue weighted by atomic mass is 10.2. The van der Waals surface area contributed by atoms with Crippen LogP contribution in [0.25, 0.3) is 0 Å². The van der Waals surface area contributed by atoms with Crippen molar-refractivity contribution in [1.29, 1.82) is 0 Å². The van der Waals surface area contributed by atoms with E-state index in [1.165, 1.54) is 20.0 Å². The van der Waals surface area contributed by atoms with E-state index >= 15 is 0 Å². The molecule has 2 aromatic heterocycles. The lowest BCUT2D eigenvalue weighted by Gasteiger charge is -2.13. The van der Waals surface area contributed by atoms with Crippen molar-refractivity contribution in [1.82, 2.24) is 19.6 Å². The number of nitrogens with one attached hydrogen (secondary N) is 1. The van der Waals surface area contributed by atoms with Crippen LogP contribution in [-0.2, 0) is 17.5 Å². The molecule has 0 radical (unpaired) electrons. The van der Waals surface area contributed by atoms with Crippen molar-refractivity contribution < 1.29 is 18.0 Å². The van der Waals surface area contributed by atoms with E-state index in [0.717, 1.165) is 10.2 Å². The number of benzene rings is 1. The second-order valence-electron chi connectivity index (χ2n) is 6.41. The van der Waals surface area contributed by atoms with Crippen molar-refractivity contribution in [3.63, 3.8) is 0 Å². The molecule has 0 fully saturated rings. The average Bonchev–Trinajstić information content (AvgIpc) is 3.21. The van der Waals surface area contributed by atoms with Gasteiger partial charge in [-0.3, -0.25) is 14.2 Å². The van der Waals surface area contributed by atoms with Crippen LogP contribution in [0, 0.1) is 6.92 Å². The molecule has 3 aromatic rings. The maximum atomic E-state index is 13.0. The molecule has 1 N–H and O–H groups in total. The van der Waals surface area contributed by atoms with Crippen molar-refractivity contribution in [2.75, 3.05) is 5.32 Å². The number of rotatable bonds is 5. The van der Waals surface area contributed by atoms with Gasteiger partial charge in [0.25, 0.3) is 0 Å². The second-order valence-corrected chi connectivity index (χ2v) is 7.22. The Bertz CT molecular complexity index is 1030. The lowest BCUT2D eigenvalue weighted by molar-refractivity contribution is -0.141. The van der Waals surface area contributed by atoms with Gasteiger partial charge < -0.3 is 5.32 Å². The van der Waals surface area contributed by atoms with Gasteiger partial charge in [-0.25, -0.2) is 0 Å². The predicted molar refractivity (Wildman–Crippen MR) is 103 cm³/mol. The molecule has 0 saturated heterocycles. The molecule has 0 aliphatic heterocycles. The van der Waals surface area contributed by atoms with E-state index in [0.29, 0.717) is 17.3 Å². The van der Waals surface area contributed by atoms with Crippen LogP contribution >= 0.6 is 23.2 Å². The molecule has 1 unspecified atom stereocenters. The van der Waals surface area contributed by atoms with E-state index in [1.807, 2.05) is 12.1 Å². The summed E-state index contributed by atoms with van der Waals surface area (Å²) < 4.78 is 41.5. The zero-order chi connectivity index (χ0) is 21.3. The largest absolute Gasteiger partial charge is 0.436 e. The summed E-state index contributed by atoms with van der Waals surface area (Å²) in [5, 5.41) is 10.4. The highest BCUT2D eigenvalue weighted by molar-refractivity contribution is 6.32. The molecule has 1 amide bonds. The third-order valence-electron chi connectivity index (χ3n) is 4.25. The Labute approximate surface area is 174 Å². The van der Waals surface area contributed by atoms with Gasteiger partial charge in [0.1, 0.15) is 6.04 Å².